The lowest BCUT2D eigenvalue weighted by Crippen LogP contribution is -2.32. The van der Waals surface area contributed by atoms with Gasteiger partial charge in [0.15, 0.2) is 6.23 Å². The fourth-order valence-corrected chi connectivity index (χ4v) is 5.20. The highest BCUT2D eigenvalue weighted by Gasteiger charge is 2.40. The van der Waals surface area contributed by atoms with Crippen molar-refractivity contribution in [2.75, 3.05) is 6.54 Å². The minimum absolute atomic E-state index is 0.0918. The molecule has 2 aliphatic rings. The van der Waals surface area contributed by atoms with E-state index in [1.807, 2.05) is 59.4 Å². The second kappa shape index (κ2) is 9.78. The topological polar surface area (TPSA) is 63.9 Å². The SMILES string of the molecule is C[C@H]1O[C@@H](c2cn(-c3ccc(Br)cc3)cc2-c2ccc(F)cc2)N(CCc2ccc3c(c2)=NC(=O)C=3)C1=O. The Morgan fingerprint density at radius 2 is 1.76 bits per heavy atom. The number of carbonyl (C=O) groups excluding carboxylic acids is 2. The summed E-state index contributed by atoms with van der Waals surface area (Å²) in [6.45, 7) is 2.19. The van der Waals surface area contributed by atoms with Gasteiger partial charge in [-0.2, -0.15) is 0 Å². The summed E-state index contributed by atoms with van der Waals surface area (Å²) in [6, 6.07) is 20.0. The maximum Gasteiger partial charge on any atom is 0.270 e. The van der Waals surface area contributed by atoms with Gasteiger partial charge in [-0.3, -0.25) is 9.59 Å². The Bertz CT molecular complexity index is 1680. The smallest absolute Gasteiger partial charge is 0.270 e. The lowest BCUT2D eigenvalue weighted by atomic mass is 10.0. The second-order valence-corrected chi connectivity index (χ2v) is 10.3. The fourth-order valence-electron chi connectivity index (χ4n) is 4.94. The molecule has 3 heterocycles. The van der Waals surface area contributed by atoms with Crippen LogP contribution in [-0.2, 0) is 20.7 Å². The molecule has 2 aliphatic heterocycles. The van der Waals surface area contributed by atoms with Crippen LogP contribution < -0.4 is 10.6 Å². The quantitative estimate of drug-likeness (QED) is 0.343. The van der Waals surface area contributed by atoms with Crippen molar-refractivity contribution in [3.8, 4) is 16.8 Å². The number of aromatic nitrogens is 1. The molecular weight excluding hydrogens is 549 g/mol. The predicted molar refractivity (Wildman–Crippen MR) is 144 cm³/mol. The number of carbonyl (C=O) groups is 2. The highest BCUT2D eigenvalue weighted by atomic mass is 79.9. The zero-order valence-electron chi connectivity index (χ0n) is 20.5. The molecule has 0 radical (unpaired) electrons. The number of fused-ring (bicyclic) bond motifs is 1. The van der Waals surface area contributed by atoms with Crippen LogP contribution in [0.25, 0.3) is 22.9 Å². The number of hydrogen-bond acceptors (Lipinski definition) is 3. The molecule has 38 heavy (non-hydrogen) atoms. The van der Waals surface area contributed by atoms with Gasteiger partial charge in [0.05, 0.1) is 5.36 Å². The number of amides is 2. The van der Waals surface area contributed by atoms with Crippen molar-refractivity contribution in [3.63, 3.8) is 0 Å². The van der Waals surface area contributed by atoms with Crippen LogP contribution in [0.4, 0.5) is 4.39 Å². The molecule has 6 rings (SSSR count). The molecular formula is C30H23BrFN3O3. The van der Waals surface area contributed by atoms with Crippen LogP contribution in [0, 0.1) is 5.82 Å². The second-order valence-electron chi connectivity index (χ2n) is 9.42. The van der Waals surface area contributed by atoms with Gasteiger partial charge in [-0.25, -0.2) is 9.38 Å². The van der Waals surface area contributed by atoms with Crippen molar-refractivity contribution >= 4 is 33.8 Å². The van der Waals surface area contributed by atoms with E-state index in [-0.39, 0.29) is 17.6 Å². The highest BCUT2D eigenvalue weighted by molar-refractivity contribution is 9.10. The van der Waals surface area contributed by atoms with Gasteiger partial charge >= 0.3 is 0 Å². The Balaban J connectivity index is 1.36. The lowest BCUT2D eigenvalue weighted by Gasteiger charge is -2.24. The average molecular weight is 572 g/mol. The first-order chi connectivity index (χ1) is 18.4. The Hall–Kier alpha value is -3.88. The van der Waals surface area contributed by atoms with Gasteiger partial charge < -0.3 is 14.2 Å². The third kappa shape index (κ3) is 4.61. The minimum Gasteiger partial charge on any atom is -0.341 e. The Morgan fingerprint density at radius 1 is 1.00 bits per heavy atom. The van der Waals surface area contributed by atoms with Crippen LogP contribution in [0.15, 0.2) is 88.6 Å². The molecule has 0 aliphatic carbocycles. The molecule has 1 aromatic heterocycles. The largest absolute Gasteiger partial charge is 0.341 e. The summed E-state index contributed by atoms with van der Waals surface area (Å²) >= 11 is 3.48. The number of benzene rings is 3. The summed E-state index contributed by atoms with van der Waals surface area (Å²) in [5.41, 5.74) is 4.43. The standard InChI is InChI=1S/C30H23BrFN3O3/c1-18-29(37)35(13-12-19-2-3-21-15-28(36)33-27(21)14-19)30(38-18)26-17-34(24-10-6-22(31)7-11-24)16-25(26)20-4-8-23(32)9-5-20/h2-11,14-18,30H,12-13H2,1H3/t18-,30+/m1/s1. The normalized spacial score (nSPS) is 18.4. The molecule has 2 atom stereocenters. The molecule has 0 bridgehead atoms. The Labute approximate surface area is 226 Å². The number of rotatable bonds is 6. The van der Waals surface area contributed by atoms with Gasteiger partial charge in [0.1, 0.15) is 11.9 Å². The minimum atomic E-state index is -0.608. The summed E-state index contributed by atoms with van der Waals surface area (Å²) in [5.74, 6) is -0.658. The summed E-state index contributed by atoms with van der Waals surface area (Å²) < 4.78 is 22.9. The van der Waals surface area contributed by atoms with E-state index in [1.165, 1.54) is 18.2 Å². The molecule has 0 N–H and O–H groups in total. The maximum absolute atomic E-state index is 13.7. The zero-order valence-corrected chi connectivity index (χ0v) is 22.1. The van der Waals surface area contributed by atoms with Crippen molar-refractivity contribution < 1.29 is 18.7 Å². The zero-order chi connectivity index (χ0) is 26.4. The van der Waals surface area contributed by atoms with Gasteiger partial charge in [0.2, 0.25) is 0 Å². The number of halogens is 2. The van der Waals surface area contributed by atoms with Crippen LogP contribution in [0.2, 0.25) is 0 Å². The first-order valence-corrected chi connectivity index (χ1v) is 13.1. The summed E-state index contributed by atoms with van der Waals surface area (Å²) in [7, 11) is 0. The summed E-state index contributed by atoms with van der Waals surface area (Å²) in [6.07, 6.45) is 4.84. The van der Waals surface area contributed by atoms with Crippen LogP contribution in [-0.4, -0.2) is 33.9 Å². The van der Waals surface area contributed by atoms with E-state index in [0.29, 0.717) is 18.3 Å². The number of hydrogen-bond donors (Lipinski definition) is 0. The van der Waals surface area contributed by atoms with Gasteiger partial charge in [-0.15, -0.1) is 0 Å². The van der Waals surface area contributed by atoms with E-state index >= 15 is 0 Å². The van der Waals surface area contributed by atoms with Gasteiger partial charge in [0, 0.05) is 51.5 Å². The molecule has 190 valence electrons. The molecule has 3 aromatic carbocycles. The third-order valence-corrected chi connectivity index (χ3v) is 7.42. The molecule has 1 fully saturated rings. The molecule has 0 saturated carbocycles. The molecule has 4 aromatic rings. The van der Waals surface area contributed by atoms with E-state index < -0.39 is 12.3 Å². The summed E-state index contributed by atoms with van der Waals surface area (Å²) in [5, 5.41) is 1.47. The van der Waals surface area contributed by atoms with Crippen LogP contribution in [0.3, 0.4) is 0 Å². The van der Waals surface area contributed by atoms with Gasteiger partial charge in [-0.05, 0) is 66.9 Å². The summed E-state index contributed by atoms with van der Waals surface area (Å²) in [4.78, 5) is 30.6. The maximum atomic E-state index is 13.7. The predicted octanol–water partition coefficient (Wildman–Crippen LogP) is 4.47. The Kier molecular flexibility index (Phi) is 6.29. The molecule has 8 heteroatoms. The average Bonchev–Trinajstić information content (AvgIpc) is 3.58. The Morgan fingerprint density at radius 3 is 2.53 bits per heavy atom. The van der Waals surface area contributed by atoms with Gasteiger partial charge in [-0.1, -0.05) is 40.2 Å². The van der Waals surface area contributed by atoms with E-state index in [9.17, 15) is 14.0 Å². The van der Waals surface area contributed by atoms with Crippen molar-refractivity contribution in [1.82, 2.24) is 9.47 Å². The molecule has 0 spiro atoms. The molecule has 2 amide bonds. The van der Waals surface area contributed by atoms with Crippen molar-refractivity contribution in [3.05, 3.63) is 111 Å². The van der Waals surface area contributed by atoms with Crippen LogP contribution in [0.5, 0.6) is 0 Å². The third-order valence-electron chi connectivity index (χ3n) is 6.90. The first kappa shape index (κ1) is 24.5. The molecule has 6 nitrogen and oxygen atoms in total. The van der Waals surface area contributed by atoms with E-state index in [1.54, 1.807) is 24.0 Å². The number of ether oxygens (including phenoxy) is 1. The van der Waals surface area contributed by atoms with Crippen molar-refractivity contribution in [2.45, 2.75) is 25.7 Å². The fraction of sp³-hybridized carbons (Fsp3) is 0.167. The van der Waals surface area contributed by atoms with Crippen LogP contribution >= 0.6 is 15.9 Å². The van der Waals surface area contributed by atoms with E-state index in [0.717, 1.165) is 37.6 Å². The van der Waals surface area contributed by atoms with Gasteiger partial charge in [0.25, 0.3) is 11.8 Å². The molecule has 1 saturated heterocycles. The van der Waals surface area contributed by atoms with Crippen molar-refractivity contribution in [2.24, 2.45) is 4.99 Å². The van der Waals surface area contributed by atoms with Crippen molar-refractivity contribution in [1.29, 1.82) is 0 Å². The first-order valence-electron chi connectivity index (χ1n) is 12.3. The number of nitrogens with zero attached hydrogens (tertiary/aromatic N) is 3. The van der Waals surface area contributed by atoms with E-state index in [4.69, 9.17) is 4.74 Å². The monoisotopic (exact) mass is 571 g/mol. The van der Waals surface area contributed by atoms with Crippen LogP contribution in [0.1, 0.15) is 24.3 Å². The highest BCUT2D eigenvalue weighted by Crippen LogP contribution is 2.38. The molecule has 0 unspecified atom stereocenters. The lowest BCUT2D eigenvalue weighted by molar-refractivity contribution is -0.130. The van der Waals surface area contributed by atoms with E-state index in [2.05, 4.69) is 20.9 Å².